The number of rotatable bonds is 6. The van der Waals surface area contributed by atoms with Crippen LogP contribution in [0, 0.1) is 10.1 Å². The third-order valence-corrected chi connectivity index (χ3v) is 3.50. The maximum Gasteiger partial charge on any atom is 0.269 e. The van der Waals surface area contributed by atoms with Gasteiger partial charge in [-0.15, -0.1) is 0 Å². The minimum absolute atomic E-state index is 0.0983. The van der Waals surface area contributed by atoms with Crippen LogP contribution in [0.4, 0.5) is 5.69 Å². The van der Waals surface area contributed by atoms with Crippen LogP contribution in [0.2, 0.25) is 0 Å². The summed E-state index contributed by atoms with van der Waals surface area (Å²) >= 11 is 0. The van der Waals surface area contributed by atoms with E-state index in [9.17, 15) is 14.9 Å². The van der Waals surface area contributed by atoms with Gasteiger partial charge in [-0.3, -0.25) is 19.8 Å². The highest BCUT2D eigenvalue weighted by Crippen LogP contribution is 2.14. The normalized spacial score (nSPS) is 10.6. The van der Waals surface area contributed by atoms with Crippen molar-refractivity contribution >= 4 is 11.6 Å². The molecular weight excluding hydrogens is 294 g/mol. The lowest BCUT2D eigenvalue weighted by atomic mass is 10.1. The molecule has 1 N–H and O–H groups in total. The number of amides is 1. The molecule has 2 rings (SSSR count). The first kappa shape index (κ1) is 16.6. The van der Waals surface area contributed by atoms with E-state index in [1.54, 1.807) is 31.3 Å². The number of carbonyl (C=O) groups excluding carboxylic acids is 1. The summed E-state index contributed by atoms with van der Waals surface area (Å²) in [7, 11) is 3.59. The van der Waals surface area contributed by atoms with Gasteiger partial charge in [-0.25, -0.2) is 0 Å². The van der Waals surface area contributed by atoms with E-state index in [2.05, 4.69) is 10.2 Å². The van der Waals surface area contributed by atoms with Gasteiger partial charge in [-0.05, 0) is 30.3 Å². The molecule has 0 atom stereocenters. The summed E-state index contributed by atoms with van der Waals surface area (Å²) in [5.74, 6) is -0.101. The molecule has 0 aliphatic carbocycles. The second-order valence-electron chi connectivity index (χ2n) is 5.37. The SMILES string of the molecule is CNC(=O)c1ccc(CN(C)Cc2ccc([N+](=O)[O-])cc2)cc1. The van der Waals surface area contributed by atoms with Gasteiger partial charge in [0.25, 0.3) is 11.6 Å². The second-order valence-corrected chi connectivity index (χ2v) is 5.37. The minimum atomic E-state index is -0.401. The van der Waals surface area contributed by atoms with Crippen LogP contribution < -0.4 is 5.32 Å². The third-order valence-electron chi connectivity index (χ3n) is 3.50. The van der Waals surface area contributed by atoms with E-state index >= 15 is 0 Å². The van der Waals surface area contributed by atoms with Crippen molar-refractivity contribution in [3.63, 3.8) is 0 Å². The lowest BCUT2D eigenvalue weighted by molar-refractivity contribution is -0.384. The standard InChI is InChI=1S/C17H19N3O3/c1-18-17(21)15-7-3-13(4-8-15)11-19(2)12-14-5-9-16(10-6-14)20(22)23/h3-10H,11-12H2,1-2H3,(H,18,21). The Morgan fingerprint density at radius 2 is 1.52 bits per heavy atom. The number of nitrogens with zero attached hydrogens (tertiary/aromatic N) is 2. The molecule has 0 radical (unpaired) electrons. The molecule has 0 unspecified atom stereocenters. The maximum absolute atomic E-state index is 11.5. The zero-order chi connectivity index (χ0) is 16.8. The van der Waals surface area contributed by atoms with Gasteiger partial charge in [0.2, 0.25) is 0 Å². The average Bonchev–Trinajstić information content (AvgIpc) is 2.55. The monoisotopic (exact) mass is 313 g/mol. The summed E-state index contributed by atoms with van der Waals surface area (Å²) in [4.78, 5) is 23.8. The number of nitro groups is 1. The first-order valence-electron chi connectivity index (χ1n) is 7.22. The van der Waals surface area contributed by atoms with Crippen molar-refractivity contribution in [1.29, 1.82) is 0 Å². The highest BCUT2D eigenvalue weighted by atomic mass is 16.6. The van der Waals surface area contributed by atoms with E-state index < -0.39 is 4.92 Å². The lowest BCUT2D eigenvalue weighted by Gasteiger charge is -2.17. The fraction of sp³-hybridized carbons (Fsp3) is 0.235. The van der Waals surface area contributed by atoms with Crippen LogP contribution in [0.25, 0.3) is 0 Å². The fourth-order valence-electron chi connectivity index (χ4n) is 2.31. The molecule has 0 aliphatic rings. The van der Waals surface area contributed by atoms with E-state index in [-0.39, 0.29) is 11.6 Å². The molecule has 0 saturated carbocycles. The van der Waals surface area contributed by atoms with Gasteiger partial charge in [-0.2, -0.15) is 0 Å². The molecule has 1 amide bonds. The minimum Gasteiger partial charge on any atom is -0.355 e. The van der Waals surface area contributed by atoms with Crippen molar-refractivity contribution < 1.29 is 9.72 Å². The average molecular weight is 313 g/mol. The second kappa shape index (κ2) is 7.51. The highest BCUT2D eigenvalue weighted by Gasteiger charge is 2.07. The Morgan fingerprint density at radius 3 is 1.96 bits per heavy atom. The molecule has 120 valence electrons. The van der Waals surface area contributed by atoms with Gasteiger partial charge in [-0.1, -0.05) is 24.3 Å². The largest absolute Gasteiger partial charge is 0.355 e. The van der Waals surface area contributed by atoms with Gasteiger partial charge < -0.3 is 5.32 Å². The Bertz CT molecular complexity index is 681. The molecule has 0 bridgehead atoms. The summed E-state index contributed by atoms with van der Waals surface area (Å²) in [5.41, 5.74) is 2.85. The maximum atomic E-state index is 11.5. The van der Waals surface area contributed by atoms with Crippen LogP contribution in [-0.4, -0.2) is 29.8 Å². The van der Waals surface area contributed by atoms with E-state index in [0.717, 1.165) is 17.7 Å². The molecule has 0 spiro atoms. The Balaban J connectivity index is 1.95. The Kier molecular flexibility index (Phi) is 5.43. The Hall–Kier alpha value is -2.73. The molecule has 2 aromatic carbocycles. The molecule has 6 heteroatoms. The van der Waals surface area contributed by atoms with Gasteiger partial charge in [0, 0.05) is 37.8 Å². The van der Waals surface area contributed by atoms with E-state index in [0.29, 0.717) is 12.1 Å². The number of non-ortho nitro benzene ring substituents is 1. The summed E-state index contributed by atoms with van der Waals surface area (Å²) in [6.07, 6.45) is 0. The predicted molar refractivity (Wildman–Crippen MR) is 88.1 cm³/mol. The molecule has 0 aromatic heterocycles. The summed E-state index contributed by atoms with van der Waals surface area (Å²) in [6.45, 7) is 1.42. The Morgan fingerprint density at radius 1 is 1.04 bits per heavy atom. The van der Waals surface area contributed by atoms with Crippen LogP contribution in [0.15, 0.2) is 48.5 Å². The first-order valence-corrected chi connectivity index (χ1v) is 7.22. The van der Waals surface area contributed by atoms with Crippen molar-refractivity contribution in [3.05, 3.63) is 75.3 Å². The van der Waals surface area contributed by atoms with Crippen LogP contribution in [0.5, 0.6) is 0 Å². The molecule has 0 aliphatic heterocycles. The molecular formula is C17H19N3O3. The van der Waals surface area contributed by atoms with Gasteiger partial charge in [0.05, 0.1) is 4.92 Å². The Labute approximate surface area is 134 Å². The lowest BCUT2D eigenvalue weighted by Crippen LogP contribution is -2.19. The zero-order valence-electron chi connectivity index (χ0n) is 13.2. The number of hydrogen-bond acceptors (Lipinski definition) is 4. The van der Waals surface area contributed by atoms with Crippen molar-refractivity contribution in [3.8, 4) is 0 Å². The number of nitro benzene ring substituents is 1. The van der Waals surface area contributed by atoms with Crippen molar-refractivity contribution in [2.24, 2.45) is 0 Å². The fourth-order valence-corrected chi connectivity index (χ4v) is 2.31. The van der Waals surface area contributed by atoms with Crippen LogP contribution >= 0.6 is 0 Å². The molecule has 0 fully saturated rings. The topological polar surface area (TPSA) is 75.5 Å². The van der Waals surface area contributed by atoms with Gasteiger partial charge >= 0.3 is 0 Å². The van der Waals surface area contributed by atoms with Gasteiger partial charge in [0.1, 0.15) is 0 Å². The predicted octanol–water partition coefficient (Wildman–Crippen LogP) is 2.59. The van der Waals surface area contributed by atoms with E-state index in [1.165, 1.54) is 12.1 Å². The van der Waals surface area contributed by atoms with Crippen molar-refractivity contribution in [2.45, 2.75) is 13.1 Å². The number of hydrogen-bond donors (Lipinski definition) is 1. The third kappa shape index (κ3) is 4.62. The van der Waals surface area contributed by atoms with Crippen LogP contribution in [0.1, 0.15) is 21.5 Å². The molecule has 0 heterocycles. The van der Waals surface area contributed by atoms with E-state index in [1.807, 2.05) is 19.2 Å². The van der Waals surface area contributed by atoms with Crippen molar-refractivity contribution in [2.75, 3.05) is 14.1 Å². The van der Waals surface area contributed by atoms with E-state index in [4.69, 9.17) is 0 Å². The smallest absolute Gasteiger partial charge is 0.269 e. The quantitative estimate of drug-likeness (QED) is 0.657. The molecule has 6 nitrogen and oxygen atoms in total. The summed E-state index contributed by atoms with van der Waals surface area (Å²) < 4.78 is 0. The molecule has 2 aromatic rings. The van der Waals surface area contributed by atoms with Crippen LogP contribution in [-0.2, 0) is 13.1 Å². The number of benzene rings is 2. The number of carbonyl (C=O) groups is 1. The zero-order valence-corrected chi connectivity index (χ0v) is 13.2. The summed E-state index contributed by atoms with van der Waals surface area (Å²) in [6, 6.07) is 14.0. The molecule has 0 saturated heterocycles. The number of nitrogens with one attached hydrogen (secondary N) is 1. The first-order chi connectivity index (χ1) is 11.0. The van der Waals surface area contributed by atoms with Crippen LogP contribution in [0.3, 0.4) is 0 Å². The summed E-state index contributed by atoms with van der Waals surface area (Å²) in [5, 5.41) is 13.2. The highest BCUT2D eigenvalue weighted by molar-refractivity contribution is 5.93. The van der Waals surface area contributed by atoms with Crippen molar-refractivity contribution in [1.82, 2.24) is 10.2 Å². The molecule has 23 heavy (non-hydrogen) atoms. The van der Waals surface area contributed by atoms with Gasteiger partial charge in [0.15, 0.2) is 0 Å².